The van der Waals surface area contributed by atoms with Crippen LogP contribution in [0.1, 0.15) is 23.0 Å². The molecular formula is C25H23F3N6. The summed E-state index contributed by atoms with van der Waals surface area (Å²) < 4.78 is 44.2. The number of hydrogen-bond acceptors (Lipinski definition) is 5. The van der Waals surface area contributed by atoms with Crippen LogP contribution in [0, 0.1) is 17.5 Å². The van der Waals surface area contributed by atoms with Gasteiger partial charge in [-0.2, -0.15) is 0 Å². The van der Waals surface area contributed by atoms with E-state index >= 15 is 0 Å². The monoisotopic (exact) mass is 464 g/mol. The standard InChI is InChI=1S/C25H23F3N6/c26-19-11-9-18(10-12-19)17-34-25(29-30-31-34)24(20-5-1-2-6-21(20)27)33-15-13-32(14-16-33)23-8-4-3-7-22(23)28/h1-12,24H,13-17H2/t24-/m1/s1. The van der Waals surface area contributed by atoms with E-state index in [-0.39, 0.29) is 17.5 Å². The van der Waals surface area contributed by atoms with E-state index < -0.39 is 6.04 Å². The maximum atomic E-state index is 15.0. The Kier molecular flexibility index (Phi) is 6.27. The Balaban J connectivity index is 1.44. The number of para-hydroxylation sites is 1. The number of benzene rings is 3. The first-order valence-electron chi connectivity index (χ1n) is 11.1. The minimum absolute atomic E-state index is 0.259. The highest BCUT2D eigenvalue weighted by atomic mass is 19.1. The summed E-state index contributed by atoms with van der Waals surface area (Å²) in [6, 6.07) is 18.9. The van der Waals surface area contributed by atoms with Crippen molar-refractivity contribution in [3.63, 3.8) is 0 Å². The van der Waals surface area contributed by atoms with Gasteiger partial charge in [0.25, 0.3) is 0 Å². The molecule has 0 bridgehead atoms. The van der Waals surface area contributed by atoms with Crippen LogP contribution in [0.25, 0.3) is 0 Å². The van der Waals surface area contributed by atoms with E-state index in [1.54, 1.807) is 47.1 Å². The van der Waals surface area contributed by atoms with Crippen molar-refractivity contribution in [2.24, 2.45) is 0 Å². The van der Waals surface area contributed by atoms with Crippen molar-refractivity contribution in [3.8, 4) is 0 Å². The molecule has 34 heavy (non-hydrogen) atoms. The van der Waals surface area contributed by atoms with E-state index in [1.807, 2.05) is 11.0 Å². The maximum Gasteiger partial charge on any atom is 0.173 e. The molecule has 0 amide bonds. The molecule has 0 spiro atoms. The number of aromatic nitrogens is 4. The van der Waals surface area contributed by atoms with E-state index in [2.05, 4.69) is 20.4 Å². The van der Waals surface area contributed by atoms with Gasteiger partial charge in [-0.3, -0.25) is 4.90 Å². The van der Waals surface area contributed by atoms with Crippen LogP contribution in [0.5, 0.6) is 0 Å². The van der Waals surface area contributed by atoms with Gasteiger partial charge in [0, 0.05) is 31.7 Å². The van der Waals surface area contributed by atoms with Crippen molar-refractivity contribution in [2.75, 3.05) is 31.1 Å². The minimum Gasteiger partial charge on any atom is -0.367 e. The van der Waals surface area contributed by atoms with Crippen LogP contribution in [-0.2, 0) is 6.54 Å². The second-order valence-corrected chi connectivity index (χ2v) is 8.22. The highest BCUT2D eigenvalue weighted by Crippen LogP contribution is 2.31. The first-order chi connectivity index (χ1) is 16.6. The van der Waals surface area contributed by atoms with Gasteiger partial charge in [0.05, 0.1) is 12.2 Å². The average Bonchev–Trinajstić information content (AvgIpc) is 3.30. The molecule has 1 atom stereocenters. The fourth-order valence-corrected chi connectivity index (χ4v) is 4.41. The van der Waals surface area contributed by atoms with Crippen molar-refractivity contribution in [2.45, 2.75) is 12.6 Å². The van der Waals surface area contributed by atoms with Gasteiger partial charge in [-0.1, -0.05) is 42.5 Å². The number of halogens is 3. The smallest absolute Gasteiger partial charge is 0.173 e. The van der Waals surface area contributed by atoms with E-state index in [0.717, 1.165) is 5.56 Å². The van der Waals surface area contributed by atoms with Crippen molar-refractivity contribution >= 4 is 5.69 Å². The fourth-order valence-electron chi connectivity index (χ4n) is 4.41. The summed E-state index contributed by atoms with van der Waals surface area (Å²) >= 11 is 0. The quantitative estimate of drug-likeness (QED) is 0.431. The molecule has 1 fully saturated rings. The summed E-state index contributed by atoms with van der Waals surface area (Å²) in [5, 5.41) is 12.3. The van der Waals surface area contributed by atoms with E-state index in [1.165, 1.54) is 24.3 Å². The molecule has 0 radical (unpaired) electrons. The van der Waals surface area contributed by atoms with Crippen LogP contribution in [0.15, 0.2) is 72.8 Å². The Morgan fingerprint density at radius 3 is 2.15 bits per heavy atom. The van der Waals surface area contributed by atoms with Crippen LogP contribution in [0.2, 0.25) is 0 Å². The Morgan fingerprint density at radius 2 is 1.44 bits per heavy atom. The Bertz CT molecular complexity index is 1250. The molecule has 9 heteroatoms. The highest BCUT2D eigenvalue weighted by molar-refractivity contribution is 5.48. The van der Waals surface area contributed by atoms with Crippen LogP contribution in [-0.4, -0.2) is 51.3 Å². The number of hydrogen-bond donors (Lipinski definition) is 0. The number of nitrogens with zero attached hydrogens (tertiary/aromatic N) is 6. The normalized spacial score (nSPS) is 15.4. The van der Waals surface area contributed by atoms with E-state index in [4.69, 9.17) is 0 Å². The molecular weight excluding hydrogens is 441 g/mol. The molecule has 1 aliphatic heterocycles. The molecule has 0 N–H and O–H groups in total. The molecule has 0 unspecified atom stereocenters. The lowest BCUT2D eigenvalue weighted by atomic mass is 10.0. The van der Waals surface area contributed by atoms with Gasteiger partial charge in [-0.15, -0.1) is 5.10 Å². The van der Waals surface area contributed by atoms with E-state index in [9.17, 15) is 13.2 Å². The van der Waals surface area contributed by atoms with Gasteiger partial charge in [0.1, 0.15) is 23.5 Å². The first-order valence-corrected chi connectivity index (χ1v) is 11.1. The van der Waals surface area contributed by atoms with Crippen molar-refractivity contribution in [3.05, 3.63) is 107 Å². The van der Waals surface area contributed by atoms with Crippen LogP contribution >= 0.6 is 0 Å². The maximum absolute atomic E-state index is 15.0. The third-order valence-electron chi connectivity index (χ3n) is 6.12. The molecule has 3 aromatic carbocycles. The zero-order valence-corrected chi connectivity index (χ0v) is 18.4. The van der Waals surface area contributed by atoms with E-state index in [0.29, 0.717) is 49.8 Å². The Hall–Kier alpha value is -3.72. The molecule has 174 valence electrons. The summed E-state index contributed by atoms with van der Waals surface area (Å²) in [6.07, 6.45) is 0. The van der Waals surface area contributed by atoms with Gasteiger partial charge in [0.15, 0.2) is 5.82 Å². The summed E-state index contributed by atoms with van der Waals surface area (Å²) in [5.41, 5.74) is 1.86. The van der Waals surface area contributed by atoms with Crippen LogP contribution < -0.4 is 4.90 Å². The van der Waals surface area contributed by atoms with Crippen molar-refractivity contribution in [1.82, 2.24) is 25.1 Å². The molecule has 1 aliphatic rings. The largest absolute Gasteiger partial charge is 0.367 e. The Morgan fingerprint density at radius 1 is 0.765 bits per heavy atom. The van der Waals surface area contributed by atoms with Crippen molar-refractivity contribution < 1.29 is 13.2 Å². The average molecular weight is 464 g/mol. The number of piperazine rings is 1. The predicted molar refractivity (Wildman–Crippen MR) is 122 cm³/mol. The second-order valence-electron chi connectivity index (χ2n) is 8.22. The third-order valence-corrected chi connectivity index (χ3v) is 6.12. The predicted octanol–water partition coefficient (Wildman–Crippen LogP) is 4.05. The van der Waals surface area contributed by atoms with Gasteiger partial charge < -0.3 is 4.90 Å². The lowest BCUT2D eigenvalue weighted by Gasteiger charge is -2.40. The SMILES string of the molecule is Fc1ccc(Cn2nnnc2[C@@H](c2ccccc2F)N2CCN(c3ccccc3F)CC2)cc1. The Labute approximate surface area is 195 Å². The molecule has 1 saturated heterocycles. The number of anilines is 1. The fraction of sp³-hybridized carbons (Fsp3) is 0.240. The molecule has 6 nitrogen and oxygen atoms in total. The molecule has 0 saturated carbocycles. The first kappa shape index (κ1) is 22.1. The summed E-state index contributed by atoms with van der Waals surface area (Å²) in [7, 11) is 0. The van der Waals surface area contributed by atoms with Gasteiger partial charge >= 0.3 is 0 Å². The molecule has 0 aliphatic carbocycles. The van der Waals surface area contributed by atoms with Gasteiger partial charge in [0.2, 0.25) is 0 Å². The number of tetrazole rings is 1. The second kappa shape index (κ2) is 9.64. The zero-order valence-electron chi connectivity index (χ0n) is 18.4. The minimum atomic E-state index is -0.528. The van der Waals surface area contributed by atoms with Crippen LogP contribution in [0.3, 0.4) is 0 Å². The van der Waals surface area contributed by atoms with Crippen LogP contribution in [0.4, 0.5) is 18.9 Å². The molecule has 2 heterocycles. The topological polar surface area (TPSA) is 50.1 Å². The molecule has 1 aromatic heterocycles. The summed E-state index contributed by atoms with van der Waals surface area (Å²) in [4.78, 5) is 4.11. The van der Waals surface area contributed by atoms with Gasteiger partial charge in [-0.25, -0.2) is 17.9 Å². The summed E-state index contributed by atoms with van der Waals surface area (Å²) in [6.45, 7) is 2.60. The highest BCUT2D eigenvalue weighted by Gasteiger charge is 2.32. The zero-order chi connectivity index (χ0) is 23.5. The lowest BCUT2D eigenvalue weighted by molar-refractivity contribution is 0.197. The summed E-state index contributed by atoms with van der Waals surface area (Å²) in [5.74, 6) is -0.434. The lowest BCUT2D eigenvalue weighted by Crippen LogP contribution is -2.48. The number of rotatable bonds is 6. The van der Waals surface area contributed by atoms with Gasteiger partial charge in [-0.05, 0) is 46.3 Å². The molecule has 5 rings (SSSR count). The van der Waals surface area contributed by atoms with Crippen molar-refractivity contribution in [1.29, 1.82) is 0 Å². The molecule has 4 aromatic rings. The third kappa shape index (κ3) is 4.51.